The van der Waals surface area contributed by atoms with Crippen molar-refractivity contribution in [2.24, 2.45) is 0 Å². The Hall–Kier alpha value is 3.23. The molecule has 0 unspecified atom stereocenters. The normalized spacial score (nSPS) is 1.50. The van der Waals surface area contributed by atoms with Crippen molar-refractivity contribution in [2.75, 3.05) is 7.11 Å². The van der Waals surface area contributed by atoms with Gasteiger partial charge in [0.05, 0.1) is 0 Å². The molecule has 0 radical (unpaired) electrons. The zero-order valence-corrected chi connectivity index (χ0v) is 9.69. The molecule has 0 heterocycles. The predicted octanol–water partition coefficient (Wildman–Crippen LogP) is -6.05. The van der Waals surface area contributed by atoms with Crippen LogP contribution in [0.15, 0.2) is 0 Å². The Bertz CT molecular complexity index is 12.9. The third kappa shape index (κ3) is 8.97. The Kier molecular flexibility index (Phi) is 64.0. The minimum Gasteiger partial charge on any atom is -1.00 e. The molecular weight excluding hydrogens is 106 g/mol. The van der Waals surface area contributed by atoms with Crippen molar-refractivity contribution in [2.45, 2.75) is 0 Å². The molecule has 0 aromatic rings. The summed E-state index contributed by atoms with van der Waals surface area (Å²) in [6.07, 6.45) is 0. The van der Waals surface area contributed by atoms with Crippen LogP contribution in [0.1, 0.15) is 4.28 Å². The van der Waals surface area contributed by atoms with E-state index in [9.17, 15) is 0 Å². The van der Waals surface area contributed by atoms with E-state index in [4.69, 9.17) is 5.11 Å². The van der Waals surface area contributed by atoms with E-state index >= 15 is 0 Å². The molecule has 0 aliphatic carbocycles. The fraction of sp³-hybridized carbons (Fsp3) is 1.00. The van der Waals surface area contributed by atoms with Gasteiger partial charge in [0.1, 0.15) is 0 Å². The second-order valence-electron chi connectivity index (χ2n) is 0. The van der Waals surface area contributed by atoms with Gasteiger partial charge < -0.3 is 7.96 Å². The first-order chi connectivity index (χ1) is 1.00. The smallest absolute Gasteiger partial charge is 1.00 e. The fourth-order valence-electron chi connectivity index (χ4n) is 0. The van der Waals surface area contributed by atoms with Gasteiger partial charge in [0, 0.05) is 7.11 Å². The van der Waals surface area contributed by atoms with Crippen LogP contribution in [0.3, 0.4) is 0 Å². The fourth-order valence-corrected chi connectivity index (χ4v) is 0. The minimum atomic E-state index is 0. The first-order valence-corrected chi connectivity index (χ1v) is 0.447. The molecule has 0 aromatic heterocycles. The van der Waals surface area contributed by atoms with Crippen LogP contribution in [0.4, 0.5) is 0 Å². The van der Waals surface area contributed by atoms with Crippen LogP contribution in [-0.2, 0) is 0 Å². The summed E-state index contributed by atoms with van der Waals surface area (Å²) in [6.45, 7) is 0. The summed E-state index contributed by atoms with van der Waals surface area (Å²) in [4.78, 5) is 0. The second kappa shape index (κ2) is 16.3. The van der Waals surface area contributed by atoms with Crippen LogP contribution in [0.2, 0.25) is 0 Å². The molecular formula is CH7K2O+. The van der Waals surface area contributed by atoms with Gasteiger partial charge in [0.2, 0.25) is 0 Å². The summed E-state index contributed by atoms with van der Waals surface area (Å²) in [7, 11) is 1.00. The minimum absolute atomic E-state index is 0. The van der Waals surface area contributed by atoms with Crippen LogP contribution in [-0.4, -0.2) is 12.2 Å². The topological polar surface area (TPSA) is 20.2 Å². The van der Waals surface area contributed by atoms with Crippen molar-refractivity contribution in [3.05, 3.63) is 0 Å². The van der Waals surface area contributed by atoms with Crippen molar-refractivity contribution in [1.82, 2.24) is 0 Å². The third-order valence-corrected chi connectivity index (χ3v) is 0. The summed E-state index contributed by atoms with van der Waals surface area (Å²) in [6, 6.07) is 0. The van der Waals surface area contributed by atoms with Crippen LogP contribution < -0.4 is 103 Å². The van der Waals surface area contributed by atoms with Crippen LogP contribution >= 0.6 is 0 Å². The monoisotopic (exact) mass is 113 g/mol. The van der Waals surface area contributed by atoms with Gasteiger partial charge in [-0.25, -0.2) is 0 Å². The Morgan fingerprint density at radius 3 is 1.50 bits per heavy atom. The van der Waals surface area contributed by atoms with Gasteiger partial charge in [-0.05, 0) is 0 Å². The third-order valence-electron chi connectivity index (χ3n) is 0. The molecule has 0 aromatic carbocycles. The molecule has 0 aliphatic rings. The summed E-state index contributed by atoms with van der Waals surface area (Å²) in [5, 5.41) is 7.00. The SMILES string of the molecule is CO.[H+].[H-].[H-].[K+].[K+]. The van der Waals surface area contributed by atoms with Gasteiger partial charge in [-0.2, -0.15) is 0 Å². The first-order valence-electron chi connectivity index (χ1n) is 0.447. The number of hydrogen-bond acceptors (Lipinski definition) is 1. The predicted molar refractivity (Wildman–Crippen MR) is 11.5 cm³/mol. The zero-order valence-electron chi connectivity index (χ0n) is 6.45. The van der Waals surface area contributed by atoms with E-state index in [0.29, 0.717) is 0 Å². The van der Waals surface area contributed by atoms with E-state index < -0.39 is 0 Å². The van der Waals surface area contributed by atoms with Gasteiger partial charge in [-0.3, -0.25) is 0 Å². The molecule has 0 rings (SSSR count). The Morgan fingerprint density at radius 1 is 1.50 bits per heavy atom. The summed E-state index contributed by atoms with van der Waals surface area (Å²) in [5.74, 6) is 0. The van der Waals surface area contributed by atoms with Crippen LogP contribution in [0, 0.1) is 0 Å². The maximum absolute atomic E-state index is 7.00. The molecule has 0 bridgehead atoms. The maximum Gasteiger partial charge on any atom is 1.00 e. The molecule has 4 heavy (non-hydrogen) atoms. The first kappa shape index (κ1) is 15.7. The summed E-state index contributed by atoms with van der Waals surface area (Å²) >= 11 is 0. The molecule has 0 atom stereocenters. The van der Waals surface area contributed by atoms with E-state index in [2.05, 4.69) is 0 Å². The Morgan fingerprint density at radius 2 is 1.50 bits per heavy atom. The van der Waals surface area contributed by atoms with E-state index in [-0.39, 0.29) is 107 Å². The number of hydrogen-bond donors (Lipinski definition) is 1. The van der Waals surface area contributed by atoms with Crippen molar-refractivity contribution in [1.29, 1.82) is 0 Å². The molecule has 3 heteroatoms. The molecule has 0 saturated heterocycles. The number of aliphatic hydroxyl groups excluding tert-OH is 1. The molecule has 0 fully saturated rings. The van der Waals surface area contributed by atoms with E-state index in [1.807, 2.05) is 0 Å². The summed E-state index contributed by atoms with van der Waals surface area (Å²) < 4.78 is 0. The molecule has 1 nitrogen and oxygen atoms in total. The molecule has 0 amide bonds. The largest absolute Gasteiger partial charge is 1.00 e. The molecule has 0 saturated carbocycles. The Balaban J connectivity index is -0.000000000500. The average molecular weight is 113 g/mol. The van der Waals surface area contributed by atoms with Gasteiger partial charge in [-0.1, -0.05) is 0 Å². The second-order valence-corrected chi connectivity index (χ2v) is 0. The quantitative estimate of drug-likeness (QED) is 0.310. The Labute approximate surface area is 116 Å². The van der Waals surface area contributed by atoms with Gasteiger partial charge >= 0.3 is 104 Å². The zero-order chi connectivity index (χ0) is 2.00. The van der Waals surface area contributed by atoms with Crippen LogP contribution in [0.25, 0.3) is 0 Å². The molecule has 0 spiro atoms. The average Bonchev–Trinajstić information content (AvgIpc) is 1.00. The summed E-state index contributed by atoms with van der Waals surface area (Å²) in [5.41, 5.74) is 0. The van der Waals surface area contributed by atoms with E-state index in [1.165, 1.54) is 0 Å². The van der Waals surface area contributed by atoms with Crippen molar-refractivity contribution in [3.63, 3.8) is 0 Å². The van der Waals surface area contributed by atoms with Gasteiger partial charge in [-0.15, -0.1) is 0 Å². The van der Waals surface area contributed by atoms with Crippen molar-refractivity contribution >= 4 is 0 Å². The van der Waals surface area contributed by atoms with Gasteiger partial charge in [0.15, 0.2) is 0 Å². The molecule has 18 valence electrons. The van der Waals surface area contributed by atoms with Gasteiger partial charge in [0.25, 0.3) is 0 Å². The molecule has 1 N–H and O–H groups in total. The maximum atomic E-state index is 7.00. The standard InChI is InChI=1S/CH4O.2K.2H/c1-2;;;;/h2H,1H3;;;;/q;2*+1;2*-1/p+1. The van der Waals surface area contributed by atoms with E-state index in [0.717, 1.165) is 7.11 Å². The van der Waals surface area contributed by atoms with Crippen molar-refractivity contribution < 1.29 is 112 Å². The van der Waals surface area contributed by atoms with Crippen LogP contribution in [0.5, 0.6) is 0 Å². The molecule has 0 aliphatic heterocycles. The van der Waals surface area contributed by atoms with E-state index in [1.54, 1.807) is 0 Å². The van der Waals surface area contributed by atoms with Crippen molar-refractivity contribution in [3.8, 4) is 0 Å². The number of rotatable bonds is 0. The number of aliphatic hydroxyl groups is 1.